The van der Waals surface area contributed by atoms with Crippen LogP contribution in [0.2, 0.25) is 0 Å². The molecule has 1 aromatic heterocycles. The van der Waals surface area contributed by atoms with Gasteiger partial charge < -0.3 is 14.8 Å². The Hall–Kier alpha value is -1.32. The Kier molecular flexibility index (Phi) is 5.78. The third-order valence-electron chi connectivity index (χ3n) is 2.42. The monoisotopic (exact) mass is 324 g/mol. The standard InChI is InChI=1S/C9H13N2O7PS/c10-18-8(12)2-1-5-19(16,17)9(13)6-3-4-7(20-6)11(14)15/h3-4,9,13H,1-2,5,10H2,(H,16,17)/t9-/m0/s1. The maximum atomic E-state index is 11.9. The lowest BCUT2D eigenvalue weighted by molar-refractivity contribution is -0.380. The summed E-state index contributed by atoms with van der Waals surface area (Å²) < 4.78 is 11.9. The lowest BCUT2D eigenvalue weighted by Crippen LogP contribution is -2.10. The van der Waals surface area contributed by atoms with Crippen LogP contribution in [0.5, 0.6) is 0 Å². The molecular formula is C9H13N2O7PS. The van der Waals surface area contributed by atoms with E-state index in [4.69, 9.17) is 0 Å². The van der Waals surface area contributed by atoms with Gasteiger partial charge in [0.25, 0.3) is 0 Å². The van der Waals surface area contributed by atoms with Gasteiger partial charge in [0.05, 0.1) is 4.92 Å². The van der Waals surface area contributed by atoms with Crippen molar-refractivity contribution in [3.05, 3.63) is 27.1 Å². The van der Waals surface area contributed by atoms with Gasteiger partial charge in [-0.05, 0) is 12.5 Å². The summed E-state index contributed by atoms with van der Waals surface area (Å²) in [6.45, 7) is 0. The number of nitrogens with zero attached hydrogens (tertiary/aromatic N) is 1. The predicted molar refractivity (Wildman–Crippen MR) is 70.1 cm³/mol. The highest BCUT2D eigenvalue weighted by atomic mass is 32.1. The molecule has 1 rings (SSSR count). The fraction of sp³-hybridized carbons (Fsp3) is 0.444. The average molecular weight is 324 g/mol. The first-order valence-electron chi connectivity index (χ1n) is 5.41. The lowest BCUT2D eigenvalue weighted by Gasteiger charge is -2.16. The van der Waals surface area contributed by atoms with Gasteiger partial charge in [0.1, 0.15) is 0 Å². The summed E-state index contributed by atoms with van der Waals surface area (Å²) >= 11 is 0.627. The van der Waals surface area contributed by atoms with E-state index in [0.717, 1.165) is 6.07 Å². The summed E-state index contributed by atoms with van der Waals surface area (Å²) in [7, 11) is -3.99. The number of aliphatic hydroxyl groups excluding tert-OH is 1. The molecule has 0 bridgehead atoms. The van der Waals surface area contributed by atoms with Crippen LogP contribution in [0.1, 0.15) is 23.6 Å². The number of aliphatic hydroxyl groups is 1. The molecule has 0 amide bonds. The number of nitro groups is 1. The maximum absolute atomic E-state index is 11.9. The van der Waals surface area contributed by atoms with E-state index in [0.29, 0.717) is 11.3 Å². The van der Waals surface area contributed by atoms with Crippen molar-refractivity contribution in [1.29, 1.82) is 0 Å². The van der Waals surface area contributed by atoms with E-state index in [1.54, 1.807) is 0 Å². The first-order valence-corrected chi connectivity index (χ1v) is 8.14. The summed E-state index contributed by atoms with van der Waals surface area (Å²) in [5, 5.41) is 20.1. The number of rotatable bonds is 7. The fourth-order valence-electron chi connectivity index (χ4n) is 1.41. The van der Waals surface area contributed by atoms with E-state index in [2.05, 4.69) is 10.7 Å². The molecule has 1 heterocycles. The third kappa shape index (κ3) is 4.36. The molecule has 0 saturated heterocycles. The molecule has 1 unspecified atom stereocenters. The largest absolute Gasteiger partial charge is 0.377 e. The second-order valence-electron chi connectivity index (χ2n) is 3.88. The molecule has 0 aliphatic heterocycles. The smallest absolute Gasteiger partial charge is 0.324 e. The van der Waals surface area contributed by atoms with E-state index < -0.39 is 24.1 Å². The van der Waals surface area contributed by atoms with Gasteiger partial charge in [-0.15, -0.1) is 0 Å². The van der Waals surface area contributed by atoms with Crippen LogP contribution in [0.4, 0.5) is 5.00 Å². The Bertz CT molecular complexity index is 546. The Morgan fingerprint density at radius 3 is 2.75 bits per heavy atom. The van der Waals surface area contributed by atoms with Crippen LogP contribution in [0, 0.1) is 10.1 Å². The first-order chi connectivity index (χ1) is 9.27. The summed E-state index contributed by atoms with van der Waals surface area (Å²) in [6.07, 6.45) is -0.471. The molecule has 0 saturated carbocycles. The zero-order chi connectivity index (χ0) is 15.3. The van der Waals surface area contributed by atoms with Crippen LogP contribution in [-0.2, 0) is 14.2 Å². The van der Waals surface area contributed by atoms with Crippen molar-refractivity contribution in [2.45, 2.75) is 18.7 Å². The van der Waals surface area contributed by atoms with Crippen molar-refractivity contribution in [3.8, 4) is 0 Å². The number of thiophene rings is 1. The minimum Gasteiger partial charge on any atom is -0.377 e. The summed E-state index contributed by atoms with van der Waals surface area (Å²) in [6, 6.07) is 2.37. The average Bonchev–Trinajstić information content (AvgIpc) is 2.86. The topological polar surface area (TPSA) is 153 Å². The van der Waals surface area contributed by atoms with E-state index in [1.807, 2.05) is 0 Å². The van der Waals surface area contributed by atoms with Crippen LogP contribution in [0.15, 0.2) is 12.1 Å². The molecule has 0 spiro atoms. The zero-order valence-electron chi connectivity index (χ0n) is 10.2. The molecule has 2 atom stereocenters. The SMILES string of the molecule is NOC(=O)CCCP(=O)(O)[C@H](O)c1ccc([N+](=O)[O-])s1. The van der Waals surface area contributed by atoms with E-state index >= 15 is 0 Å². The van der Waals surface area contributed by atoms with Crippen molar-refractivity contribution < 1.29 is 29.1 Å². The quantitative estimate of drug-likeness (QED) is 0.383. The molecular weight excluding hydrogens is 311 g/mol. The highest BCUT2D eigenvalue weighted by molar-refractivity contribution is 7.58. The normalized spacial score (nSPS) is 15.3. The minimum absolute atomic E-state index is 0.00827. The van der Waals surface area contributed by atoms with Gasteiger partial charge >= 0.3 is 11.0 Å². The maximum Gasteiger partial charge on any atom is 0.324 e. The number of nitrogens with two attached hydrogens (primary N) is 1. The van der Waals surface area contributed by atoms with Crippen molar-refractivity contribution in [2.75, 3.05) is 6.16 Å². The second kappa shape index (κ2) is 6.91. The van der Waals surface area contributed by atoms with Gasteiger partial charge in [0, 0.05) is 23.5 Å². The molecule has 0 aliphatic rings. The second-order valence-corrected chi connectivity index (χ2v) is 7.42. The summed E-state index contributed by atoms with van der Waals surface area (Å²) in [4.78, 5) is 34.3. The van der Waals surface area contributed by atoms with Crippen LogP contribution >= 0.6 is 18.7 Å². The highest BCUT2D eigenvalue weighted by Crippen LogP contribution is 2.56. The van der Waals surface area contributed by atoms with E-state index in [9.17, 15) is 29.5 Å². The summed E-state index contributed by atoms with van der Waals surface area (Å²) in [5.74, 6) is 2.17. The first kappa shape index (κ1) is 16.7. The highest BCUT2D eigenvalue weighted by Gasteiger charge is 2.32. The molecule has 1 aromatic rings. The van der Waals surface area contributed by atoms with Gasteiger partial charge in [-0.2, -0.15) is 5.90 Å². The third-order valence-corrected chi connectivity index (χ3v) is 5.68. The number of hydrogen-bond acceptors (Lipinski definition) is 8. The van der Waals surface area contributed by atoms with Gasteiger partial charge in [0.15, 0.2) is 5.85 Å². The number of carbonyl (C=O) groups is 1. The summed E-state index contributed by atoms with van der Waals surface area (Å²) in [5.41, 5.74) is 0. The van der Waals surface area contributed by atoms with E-state index in [1.165, 1.54) is 6.07 Å². The number of carbonyl (C=O) groups excluding carboxylic acids is 1. The molecule has 112 valence electrons. The number of hydrogen-bond donors (Lipinski definition) is 3. The van der Waals surface area contributed by atoms with Crippen molar-refractivity contribution >= 4 is 29.7 Å². The van der Waals surface area contributed by atoms with Crippen LogP contribution < -0.4 is 5.90 Å². The zero-order valence-corrected chi connectivity index (χ0v) is 11.9. The van der Waals surface area contributed by atoms with Gasteiger partial charge in [-0.25, -0.2) is 0 Å². The van der Waals surface area contributed by atoms with Gasteiger partial charge in [-0.1, -0.05) is 11.3 Å². The van der Waals surface area contributed by atoms with Gasteiger partial charge in [0.2, 0.25) is 7.37 Å². The van der Waals surface area contributed by atoms with Crippen LogP contribution in [-0.4, -0.2) is 27.1 Å². The molecule has 0 fully saturated rings. The Morgan fingerprint density at radius 1 is 1.60 bits per heavy atom. The predicted octanol–water partition coefficient (Wildman–Crippen LogP) is 1.11. The Balaban J connectivity index is 2.67. The molecule has 0 radical (unpaired) electrons. The molecule has 0 aromatic carbocycles. The Morgan fingerprint density at radius 2 is 2.25 bits per heavy atom. The molecule has 20 heavy (non-hydrogen) atoms. The van der Waals surface area contributed by atoms with Crippen LogP contribution in [0.3, 0.4) is 0 Å². The van der Waals surface area contributed by atoms with Crippen molar-refractivity contribution in [2.24, 2.45) is 5.90 Å². The molecule has 0 aliphatic carbocycles. The lowest BCUT2D eigenvalue weighted by atomic mass is 10.3. The fourth-order valence-corrected chi connectivity index (χ4v) is 4.09. The Labute approximate surface area is 117 Å². The van der Waals surface area contributed by atoms with Crippen LogP contribution in [0.25, 0.3) is 0 Å². The molecule has 11 heteroatoms. The van der Waals surface area contributed by atoms with E-state index in [-0.39, 0.29) is 28.9 Å². The van der Waals surface area contributed by atoms with Crippen molar-refractivity contribution in [1.82, 2.24) is 0 Å². The van der Waals surface area contributed by atoms with Gasteiger partial charge in [-0.3, -0.25) is 19.5 Å². The van der Waals surface area contributed by atoms with Crippen molar-refractivity contribution in [3.63, 3.8) is 0 Å². The minimum atomic E-state index is -3.99. The molecule has 9 nitrogen and oxygen atoms in total. The molecule has 4 N–H and O–H groups in total.